The van der Waals surface area contributed by atoms with Gasteiger partial charge in [-0.15, -0.1) is 0 Å². The van der Waals surface area contributed by atoms with Gasteiger partial charge >= 0.3 is 0 Å². The van der Waals surface area contributed by atoms with Gasteiger partial charge in [0.05, 0.1) is 11.3 Å². The molecule has 2 nitrogen and oxygen atoms in total. The Kier molecular flexibility index (Phi) is 4.60. The first-order chi connectivity index (χ1) is 9.58. The second kappa shape index (κ2) is 6.40. The normalized spacial score (nSPS) is 11.7. The molecule has 1 unspecified atom stereocenters. The van der Waals surface area contributed by atoms with Crippen molar-refractivity contribution in [1.82, 2.24) is 0 Å². The van der Waals surface area contributed by atoms with Crippen LogP contribution in [0.5, 0.6) is 0 Å². The van der Waals surface area contributed by atoms with Crippen molar-refractivity contribution in [3.05, 3.63) is 64.4 Å². The molecule has 0 aliphatic heterocycles. The number of rotatable bonds is 4. The van der Waals surface area contributed by atoms with Crippen LogP contribution in [0.4, 0.5) is 10.1 Å². The van der Waals surface area contributed by atoms with Gasteiger partial charge in [-0.25, -0.2) is 4.39 Å². The van der Waals surface area contributed by atoms with E-state index in [4.69, 9.17) is 16.9 Å². The van der Waals surface area contributed by atoms with Gasteiger partial charge in [0.1, 0.15) is 11.9 Å². The average Bonchev–Trinajstić information content (AvgIpc) is 2.38. The maximum absolute atomic E-state index is 13.1. The van der Waals surface area contributed by atoms with Crippen LogP contribution in [-0.2, 0) is 6.42 Å². The fraction of sp³-hybridized carbons (Fsp3) is 0.188. The van der Waals surface area contributed by atoms with Crippen molar-refractivity contribution in [2.45, 2.75) is 19.4 Å². The van der Waals surface area contributed by atoms with E-state index in [1.165, 1.54) is 12.1 Å². The highest BCUT2D eigenvalue weighted by Gasteiger charge is 2.08. The van der Waals surface area contributed by atoms with E-state index < -0.39 is 0 Å². The zero-order valence-corrected chi connectivity index (χ0v) is 11.8. The average molecular weight is 289 g/mol. The third-order valence-electron chi connectivity index (χ3n) is 2.93. The zero-order chi connectivity index (χ0) is 14.5. The summed E-state index contributed by atoms with van der Waals surface area (Å²) < 4.78 is 13.1. The second-order valence-corrected chi connectivity index (χ2v) is 5.12. The van der Waals surface area contributed by atoms with Crippen molar-refractivity contribution in [3.8, 4) is 6.07 Å². The fourth-order valence-corrected chi connectivity index (χ4v) is 2.24. The molecular formula is C16H14ClFN2. The largest absolute Gasteiger partial charge is 0.381 e. The van der Waals surface area contributed by atoms with Crippen molar-refractivity contribution in [1.29, 1.82) is 5.26 Å². The highest BCUT2D eigenvalue weighted by molar-refractivity contribution is 6.30. The Labute approximate surface area is 122 Å². The molecule has 0 spiro atoms. The molecule has 2 aromatic rings. The third kappa shape index (κ3) is 3.72. The Hall–Kier alpha value is -2.05. The molecule has 0 fully saturated rings. The molecule has 0 aromatic heterocycles. The molecular weight excluding hydrogens is 275 g/mol. The number of nitrogens with zero attached hydrogens (tertiary/aromatic N) is 1. The van der Waals surface area contributed by atoms with Gasteiger partial charge in [0.2, 0.25) is 0 Å². The first-order valence-corrected chi connectivity index (χ1v) is 6.67. The molecule has 102 valence electrons. The molecule has 2 aromatic carbocycles. The maximum Gasteiger partial charge on any atom is 0.123 e. The maximum atomic E-state index is 13.1. The fourth-order valence-electron chi connectivity index (χ4n) is 2.07. The van der Waals surface area contributed by atoms with Gasteiger partial charge in [0, 0.05) is 11.1 Å². The highest BCUT2D eigenvalue weighted by atomic mass is 35.5. The molecule has 0 bridgehead atoms. The summed E-state index contributed by atoms with van der Waals surface area (Å²) >= 11 is 5.94. The molecule has 0 radical (unpaired) electrons. The van der Waals surface area contributed by atoms with E-state index in [-0.39, 0.29) is 11.9 Å². The van der Waals surface area contributed by atoms with Crippen LogP contribution in [0.15, 0.2) is 42.5 Å². The van der Waals surface area contributed by atoms with Crippen molar-refractivity contribution in [2.24, 2.45) is 0 Å². The lowest BCUT2D eigenvalue weighted by molar-refractivity contribution is 0.624. The Bertz CT molecular complexity index is 649. The first kappa shape index (κ1) is 14.4. The van der Waals surface area contributed by atoms with Gasteiger partial charge in [0.25, 0.3) is 0 Å². The van der Waals surface area contributed by atoms with Gasteiger partial charge in [-0.05, 0) is 49.2 Å². The standard InChI is InChI=1S/C16H14ClFN2/c1-11(7-12-3-2-4-15(18)8-12)20-16-9-14(17)6-5-13(16)10-19/h2-6,8-9,11,20H,7H2,1H3. The van der Waals surface area contributed by atoms with E-state index in [0.29, 0.717) is 22.7 Å². The summed E-state index contributed by atoms with van der Waals surface area (Å²) in [6.07, 6.45) is 0.662. The Morgan fingerprint density at radius 3 is 2.80 bits per heavy atom. The summed E-state index contributed by atoms with van der Waals surface area (Å²) in [5, 5.41) is 12.9. The minimum atomic E-state index is -0.241. The topological polar surface area (TPSA) is 35.8 Å². The first-order valence-electron chi connectivity index (χ1n) is 6.29. The number of halogens is 2. The predicted molar refractivity (Wildman–Crippen MR) is 79.4 cm³/mol. The van der Waals surface area contributed by atoms with Crippen LogP contribution < -0.4 is 5.32 Å². The van der Waals surface area contributed by atoms with E-state index in [0.717, 1.165) is 5.56 Å². The third-order valence-corrected chi connectivity index (χ3v) is 3.17. The summed E-state index contributed by atoms with van der Waals surface area (Å²) in [5.41, 5.74) is 2.15. The van der Waals surface area contributed by atoms with Crippen LogP contribution in [0.25, 0.3) is 0 Å². The van der Waals surface area contributed by atoms with Crippen LogP contribution in [0.2, 0.25) is 5.02 Å². The van der Waals surface area contributed by atoms with Crippen LogP contribution in [0, 0.1) is 17.1 Å². The number of nitriles is 1. The molecule has 1 atom stereocenters. The van der Waals surface area contributed by atoms with Crippen LogP contribution in [-0.4, -0.2) is 6.04 Å². The minimum absolute atomic E-state index is 0.0577. The molecule has 0 aliphatic rings. The smallest absolute Gasteiger partial charge is 0.123 e. The zero-order valence-electron chi connectivity index (χ0n) is 11.0. The quantitative estimate of drug-likeness (QED) is 0.905. The number of hydrogen-bond donors (Lipinski definition) is 1. The molecule has 0 aliphatic carbocycles. The Morgan fingerprint density at radius 2 is 2.10 bits per heavy atom. The van der Waals surface area contributed by atoms with Crippen molar-refractivity contribution < 1.29 is 4.39 Å². The second-order valence-electron chi connectivity index (χ2n) is 4.68. The van der Waals surface area contributed by atoms with Crippen molar-refractivity contribution in [3.63, 3.8) is 0 Å². The monoisotopic (exact) mass is 288 g/mol. The van der Waals surface area contributed by atoms with Crippen molar-refractivity contribution in [2.75, 3.05) is 5.32 Å². The van der Waals surface area contributed by atoms with Crippen molar-refractivity contribution >= 4 is 17.3 Å². The van der Waals surface area contributed by atoms with E-state index in [2.05, 4.69) is 11.4 Å². The van der Waals surface area contributed by atoms with Gasteiger partial charge in [0.15, 0.2) is 0 Å². The molecule has 0 saturated carbocycles. The number of nitrogens with one attached hydrogen (secondary N) is 1. The molecule has 1 N–H and O–H groups in total. The van der Waals surface area contributed by atoms with Gasteiger partial charge < -0.3 is 5.32 Å². The number of benzene rings is 2. The lowest BCUT2D eigenvalue weighted by Gasteiger charge is -2.16. The highest BCUT2D eigenvalue weighted by Crippen LogP contribution is 2.21. The number of anilines is 1. The Morgan fingerprint density at radius 1 is 1.30 bits per heavy atom. The van der Waals surface area contributed by atoms with Crippen LogP contribution in [0.3, 0.4) is 0 Å². The van der Waals surface area contributed by atoms with Gasteiger partial charge in [-0.2, -0.15) is 5.26 Å². The predicted octanol–water partition coefficient (Wildman–Crippen LogP) is 4.39. The SMILES string of the molecule is CC(Cc1cccc(F)c1)Nc1cc(Cl)ccc1C#N. The number of hydrogen-bond acceptors (Lipinski definition) is 2. The summed E-state index contributed by atoms with van der Waals surface area (Å²) in [7, 11) is 0. The van der Waals surface area contributed by atoms with Gasteiger partial charge in [-0.3, -0.25) is 0 Å². The van der Waals surface area contributed by atoms with Crippen LogP contribution in [0.1, 0.15) is 18.1 Å². The summed E-state index contributed by atoms with van der Waals surface area (Å²) in [5.74, 6) is -0.241. The molecule has 0 saturated heterocycles. The summed E-state index contributed by atoms with van der Waals surface area (Å²) in [6, 6.07) is 13.8. The lowest BCUT2D eigenvalue weighted by atomic mass is 10.1. The van der Waals surface area contributed by atoms with E-state index in [1.54, 1.807) is 24.3 Å². The van der Waals surface area contributed by atoms with Gasteiger partial charge in [-0.1, -0.05) is 23.7 Å². The lowest BCUT2D eigenvalue weighted by Crippen LogP contribution is -2.18. The molecule has 0 amide bonds. The van der Waals surface area contributed by atoms with E-state index >= 15 is 0 Å². The summed E-state index contributed by atoms with van der Waals surface area (Å²) in [4.78, 5) is 0. The summed E-state index contributed by atoms with van der Waals surface area (Å²) in [6.45, 7) is 1.98. The van der Waals surface area contributed by atoms with E-state index in [1.807, 2.05) is 13.0 Å². The van der Waals surface area contributed by atoms with Crippen LogP contribution >= 0.6 is 11.6 Å². The molecule has 0 heterocycles. The molecule has 20 heavy (non-hydrogen) atoms. The van der Waals surface area contributed by atoms with E-state index in [9.17, 15) is 4.39 Å². The molecule has 2 rings (SSSR count). The minimum Gasteiger partial charge on any atom is -0.381 e. The molecule has 4 heteroatoms. The Balaban J connectivity index is 2.10.